The van der Waals surface area contributed by atoms with Crippen LogP contribution in [0.1, 0.15) is 36.8 Å². The molecule has 6 rings (SSSR count). The molecule has 13 nitrogen and oxygen atoms in total. The molecule has 3 aromatic carbocycles. The fraction of sp³-hybridized carbons (Fsp3) is 0.324. The Labute approximate surface area is 291 Å². The fourth-order valence-electron chi connectivity index (χ4n) is 6.17. The number of aromatic nitrogens is 6. The lowest BCUT2D eigenvalue weighted by atomic mass is 9.81. The smallest absolute Gasteiger partial charge is 0.251 e. The minimum Gasteiger partial charge on any atom is -0.472 e. The molecule has 2 amide bonds. The lowest BCUT2D eigenvalue weighted by Crippen LogP contribution is -2.50. The Morgan fingerprint density at radius 1 is 0.920 bits per heavy atom. The Morgan fingerprint density at radius 3 is 2.26 bits per heavy atom. The number of benzene rings is 3. The van der Waals surface area contributed by atoms with Crippen LogP contribution in [0.15, 0.2) is 85.1 Å². The predicted molar refractivity (Wildman–Crippen MR) is 191 cm³/mol. The van der Waals surface area contributed by atoms with Crippen LogP contribution in [-0.2, 0) is 22.6 Å². The predicted octanol–water partition coefficient (Wildman–Crippen LogP) is 4.16. The highest BCUT2D eigenvalue weighted by Gasteiger charge is 2.35. The van der Waals surface area contributed by atoms with Crippen LogP contribution in [0.25, 0.3) is 22.5 Å². The largest absolute Gasteiger partial charge is 0.472 e. The SMILES string of the molecule is CN(C)c1ncc(-c2ccc(C[C@H](N)C(=O)N(C(=O)C3CCC(CN)CC3)c3ccc(-c4nn[nH]n4)cc3)cc2)c(OCc2ccccc2)n1. The number of amides is 2. The lowest BCUT2D eigenvalue weighted by molar-refractivity contribution is -0.130. The highest BCUT2D eigenvalue weighted by Crippen LogP contribution is 2.33. The molecule has 2 heterocycles. The van der Waals surface area contributed by atoms with Crippen molar-refractivity contribution in [2.24, 2.45) is 23.3 Å². The van der Waals surface area contributed by atoms with E-state index < -0.39 is 11.9 Å². The van der Waals surface area contributed by atoms with E-state index >= 15 is 0 Å². The first-order valence-corrected chi connectivity index (χ1v) is 16.8. The number of carbonyl (C=O) groups excluding carboxylic acids is 2. The highest BCUT2D eigenvalue weighted by molar-refractivity contribution is 6.17. The third kappa shape index (κ3) is 8.01. The molecule has 2 aromatic heterocycles. The Kier molecular flexibility index (Phi) is 10.8. The summed E-state index contributed by atoms with van der Waals surface area (Å²) in [5.41, 5.74) is 17.1. The van der Waals surface area contributed by atoms with E-state index in [1.807, 2.05) is 73.6 Å². The maximum absolute atomic E-state index is 14.1. The van der Waals surface area contributed by atoms with Gasteiger partial charge in [0.05, 0.1) is 17.3 Å². The molecule has 50 heavy (non-hydrogen) atoms. The van der Waals surface area contributed by atoms with Crippen LogP contribution in [0, 0.1) is 11.8 Å². The average molecular weight is 675 g/mol. The maximum Gasteiger partial charge on any atom is 0.251 e. The Balaban J connectivity index is 1.20. The molecule has 1 atom stereocenters. The number of aromatic amines is 1. The third-order valence-electron chi connectivity index (χ3n) is 9.10. The van der Waals surface area contributed by atoms with Crippen LogP contribution < -0.4 is 26.0 Å². The van der Waals surface area contributed by atoms with Gasteiger partial charge in [-0.25, -0.2) is 9.88 Å². The molecule has 1 aliphatic carbocycles. The zero-order valence-electron chi connectivity index (χ0n) is 28.3. The number of rotatable bonds is 12. The molecular formula is C37H42N10O3. The van der Waals surface area contributed by atoms with Gasteiger partial charge in [-0.1, -0.05) is 54.6 Å². The molecule has 5 aromatic rings. The van der Waals surface area contributed by atoms with Crippen molar-refractivity contribution < 1.29 is 14.3 Å². The van der Waals surface area contributed by atoms with E-state index in [0.29, 0.717) is 60.8 Å². The average Bonchev–Trinajstić information content (AvgIpc) is 3.70. The monoisotopic (exact) mass is 674 g/mol. The number of tetrazole rings is 1. The molecule has 0 unspecified atom stereocenters. The summed E-state index contributed by atoms with van der Waals surface area (Å²) in [5.74, 6) is 0.817. The van der Waals surface area contributed by atoms with Gasteiger partial charge in [0, 0.05) is 31.8 Å². The number of H-pyrrole nitrogens is 1. The van der Waals surface area contributed by atoms with E-state index in [1.165, 1.54) is 4.90 Å². The van der Waals surface area contributed by atoms with Crippen molar-refractivity contribution >= 4 is 23.5 Å². The van der Waals surface area contributed by atoms with Gasteiger partial charge in [0.1, 0.15) is 6.61 Å². The molecule has 0 radical (unpaired) electrons. The summed E-state index contributed by atoms with van der Waals surface area (Å²) in [6, 6.07) is 23.6. The number of ether oxygens (including phenoxy) is 1. The topological polar surface area (TPSA) is 182 Å². The number of hydrogen-bond donors (Lipinski definition) is 3. The molecule has 0 aliphatic heterocycles. The van der Waals surface area contributed by atoms with Gasteiger partial charge in [-0.2, -0.15) is 10.2 Å². The van der Waals surface area contributed by atoms with Gasteiger partial charge in [-0.3, -0.25) is 9.59 Å². The van der Waals surface area contributed by atoms with Gasteiger partial charge in [0.25, 0.3) is 5.91 Å². The van der Waals surface area contributed by atoms with Crippen LogP contribution >= 0.6 is 0 Å². The van der Waals surface area contributed by atoms with Crippen molar-refractivity contribution in [3.63, 3.8) is 0 Å². The van der Waals surface area contributed by atoms with Gasteiger partial charge in [0.15, 0.2) is 0 Å². The summed E-state index contributed by atoms with van der Waals surface area (Å²) in [5, 5.41) is 14.1. The first kappa shape index (κ1) is 34.3. The second kappa shape index (κ2) is 15.8. The number of anilines is 2. The molecule has 1 fully saturated rings. The molecule has 1 saturated carbocycles. The molecular weight excluding hydrogens is 632 g/mol. The summed E-state index contributed by atoms with van der Waals surface area (Å²) in [6.45, 7) is 0.956. The quantitative estimate of drug-likeness (QED) is 0.173. The van der Waals surface area contributed by atoms with E-state index in [-0.39, 0.29) is 18.2 Å². The number of nitrogens with zero attached hydrogens (tertiary/aromatic N) is 7. The second-order valence-corrected chi connectivity index (χ2v) is 12.8. The zero-order valence-corrected chi connectivity index (χ0v) is 28.3. The third-order valence-corrected chi connectivity index (χ3v) is 9.10. The van der Waals surface area contributed by atoms with Crippen molar-refractivity contribution in [1.29, 1.82) is 0 Å². The van der Waals surface area contributed by atoms with Crippen molar-refractivity contribution in [2.45, 2.75) is 44.8 Å². The van der Waals surface area contributed by atoms with E-state index in [4.69, 9.17) is 16.2 Å². The number of carbonyl (C=O) groups is 2. The summed E-state index contributed by atoms with van der Waals surface area (Å²) in [7, 11) is 3.75. The van der Waals surface area contributed by atoms with Crippen molar-refractivity contribution in [1.82, 2.24) is 30.6 Å². The van der Waals surface area contributed by atoms with E-state index in [0.717, 1.165) is 35.1 Å². The summed E-state index contributed by atoms with van der Waals surface area (Å²) in [6.07, 6.45) is 5.05. The molecule has 5 N–H and O–H groups in total. The molecule has 0 bridgehead atoms. The molecule has 258 valence electrons. The summed E-state index contributed by atoms with van der Waals surface area (Å²) < 4.78 is 6.18. The number of nitrogens with two attached hydrogens (primary N) is 2. The van der Waals surface area contributed by atoms with E-state index in [9.17, 15) is 9.59 Å². The van der Waals surface area contributed by atoms with Gasteiger partial charge in [-0.15, -0.1) is 10.2 Å². The van der Waals surface area contributed by atoms with E-state index in [2.05, 4.69) is 30.6 Å². The first-order valence-electron chi connectivity index (χ1n) is 16.8. The zero-order chi connectivity index (χ0) is 35.0. The van der Waals surface area contributed by atoms with Crippen LogP contribution in [0.4, 0.5) is 11.6 Å². The van der Waals surface area contributed by atoms with Crippen LogP contribution in [0.2, 0.25) is 0 Å². The molecule has 0 spiro atoms. The number of imide groups is 1. The molecule has 13 heteroatoms. The van der Waals surface area contributed by atoms with Gasteiger partial charge in [-0.05, 0) is 90.7 Å². The van der Waals surface area contributed by atoms with Crippen molar-refractivity contribution in [3.8, 4) is 28.4 Å². The minimum absolute atomic E-state index is 0.233. The number of nitrogens with one attached hydrogen (secondary N) is 1. The normalized spacial score (nSPS) is 16.4. The van der Waals surface area contributed by atoms with Gasteiger partial charge in [0.2, 0.25) is 23.6 Å². The highest BCUT2D eigenvalue weighted by atomic mass is 16.5. The standard InChI is InChI=1S/C37H42N10O3/c1-46(2)37-40-22-31(34(41-37)50-23-26-6-4-3-5-7-26)27-12-8-24(9-13-27)20-32(39)36(49)47(35(48)29-14-10-25(21-38)11-15-29)30-18-16-28(17-19-30)33-42-44-45-43-33/h3-9,12-13,16-19,22,25,29,32H,10-11,14-15,20-21,23,38-39H2,1-2H3,(H,42,43,44,45)/t25?,29?,32-/m0/s1. The van der Waals surface area contributed by atoms with Crippen LogP contribution in [-0.4, -0.2) is 69.1 Å². The fourth-order valence-corrected chi connectivity index (χ4v) is 6.17. The maximum atomic E-state index is 14.1. The summed E-state index contributed by atoms with van der Waals surface area (Å²) >= 11 is 0. The van der Waals surface area contributed by atoms with Crippen molar-refractivity contribution in [3.05, 3.63) is 96.2 Å². The molecule has 0 saturated heterocycles. The Bertz CT molecular complexity index is 1860. The Hall–Kier alpha value is -5.53. The number of hydrogen-bond acceptors (Lipinski definition) is 11. The lowest BCUT2D eigenvalue weighted by Gasteiger charge is -2.32. The van der Waals surface area contributed by atoms with Gasteiger partial charge >= 0.3 is 0 Å². The van der Waals surface area contributed by atoms with Crippen molar-refractivity contribution in [2.75, 3.05) is 30.4 Å². The van der Waals surface area contributed by atoms with E-state index in [1.54, 1.807) is 30.5 Å². The first-order chi connectivity index (χ1) is 24.3. The van der Waals surface area contributed by atoms with Crippen LogP contribution in [0.3, 0.4) is 0 Å². The Morgan fingerprint density at radius 2 is 1.62 bits per heavy atom. The molecule has 1 aliphatic rings. The van der Waals surface area contributed by atoms with Gasteiger partial charge < -0.3 is 21.1 Å². The second-order valence-electron chi connectivity index (χ2n) is 12.8. The van der Waals surface area contributed by atoms with Crippen LogP contribution in [0.5, 0.6) is 5.88 Å². The minimum atomic E-state index is -0.963. The summed E-state index contributed by atoms with van der Waals surface area (Å²) in [4.78, 5) is 40.3.